The third-order valence-corrected chi connectivity index (χ3v) is 3.04. The van der Waals surface area contributed by atoms with Gasteiger partial charge in [-0.1, -0.05) is 30.3 Å². The van der Waals surface area contributed by atoms with Gasteiger partial charge in [0.15, 0.2) is 0 Å². The standard InChI is InChI=1S/C14H18N2O/c1-3-16-10-9-15-13(16)11-14(2,17)12-7-5-4-6-8-12/h4-10,17H,3,11H2,1-2H3. The predicted molar refractivity (Wildman–Crippen MR) is 67.6 cm³/mol. The van der Waals surface area contributed by atoms with E-state index in [0.29, 0.717) is 6.42 Å². The number of imidazole rings is 1. The highest BCUT2D eigenvalue weighted by atomic mass is 16.3. The summed E-state index contributed by atoms with van der Waals surface area (Å²) in [7, 11) is 0. The summed E-state index contributed by atoms with van der Waals surface area (Å²) < 4.78 is 2.05. The van der Waals surface area contributed by atoms with Crippen LogP contribution in [0.15, 0.2) is 42.7 Å². The maximum Gasteiger partial charge on any atom is 0.111 e. The number of hydrogen-bond acceptors (Lipinski definition) is 2. The van der Waals surface area contributed by atoms with E-state index in [1.165, 1.54) is 0 Å². The molecule has 1 aromatic heterocycles. The molecule has 3 nitrogen and oxygen atoms in total. The van der Waals surface area contributed by atoms with Gasteiger partial charge in [0.1, 0.15) is 5.82 Å². The van der Waals surface area contributed by atoms with E-state index in [1.807, 2.05) is 43.5 Å². The van der Waals surface area contributed by atoms with Gasteiger partial charge < -0.3 is 9.67 Å². The van der Waals surface area contributed by atoms with E-state index < -0.39 is 5.60 Å². The van der Waals surface area contributed by atoms with Crippen LogP contribution in [-0.4, -0.2) is 14.7 Å². The average Bonchev–Trinajstić information content (AvgIpc) is 2.77. The van der Waals surface area contributed by atoms with E-state index in [2.05, 4.69) is 16.5 Å². The summed E-state index contributed by atoms with van der Waals surface area (Å²) >= 11 is 0. The fourth-order valence-corrected chi connectivity index (χ4v) is 2.00. The molecule has 1 unspecified atom stereocenters. The molecule has 2 aromatic rings. The Labute approximate surface area is 102 Å². The Kier molecular flexibility index (Phi) is 3.29. The van der Waals surface area contributed by atoms with Crippen LogP contribution in [0, 0.1) is 0 Å². The summed E-state index contributed by atoms with van der Waals surface area (Å²) in [6.45, 7) is 4.78. The van der Waals surface area contributed by atoms with E-state index in [-0.39, 0.29) is 0 Å². The molecule has 0 aliphatic carbocycles. The first-order chi connectivity index (χ1) is 8.13. The van der Waals surface area contributed by atoms with Crippen LogP contribution >= 0.6 is 0 Å². The highest BCUT2D eigenvalue weighted by Gasteiger charge is 2.25. The Morgan fingerprint density at radius 3 is 2.65 bits per heavy atom. The third kappa shape index (κ3) is 2.56. The predicted octanol–water partition coefficient (Wildman–Crippen LogP) is 2.35. The van der Waals surface area contributed by atoms with Crippen molar-refractivity contribution in [2.45, 2.75) is 32.4 Å². The second-order valence-corrected chi connectivity index (χ2v) is 4.45. The zero-order valence-electron chi connectivity index (χ0n) is 10.3. The zero-order chi connectivity index (χ0) is 12.3. The molecule has 0 aliphatic rings. The van der Waals surface area contributed by atoms with E-state index >= 15 is 0 Å². The molecule has 0 aliphatic heterocycles. The summed E-state index contributed by atoms with van der Waals surface area (Å²) in [5.41, 5.74) is 0.0464. The fourth-order valence-electron chi connectivity index (χ4n) is 2.00. The Morgan fingerprint density at radius 1 is 1.29 bits per heavy atom. The van der Waals surface area contributed by atoms with Gasteiger partial charge in [-0.2, -0.15) is 0 Å². The molecule has 0 saturated carbocycles. The Morgan fingerprint density at radius 2 is 2.00 bits per heavy atom. The topological polar surface area (TPSA) is 38.0 Å². The monoisotopic (exact) mass is 230 g/mol. The Balaban J connectivity index is 2.23. The highest BCUT2D eigenvalue weighted by molar-refractivity contribution is 5.22. The number of aryl methyl sites for hydroxylation is 1. The molecule has 17 heavy (non-hydrogen) atoms. The Bertz CT molecular complexity index is 474. The lowest BCUT2D eigenvalue weighted by Crippen LogP contribution is -2.26. The summed E-state index contributed by atoms with van der Waals surface area (Å²) in [5, 5.41) is 10.5. The zero-order valence-corrected chi connectivity index (χ0v) is 10.3. The van der Waals surface area contributed by atoms with E-state index in [0.717, 1.165) is 17.9 Å². The summed E-state index contributed by atoms with van der Waals surface area (Å²) in [4.78, 5) is 4.30. The largest absolute Gasteiger partial charge is 0.385 e. The molecule has 0 spiro atoms. The van der Waals surface area contributed by atoms with Gasteiger partial charge in [-0.15, -0.1) is 0 Å². The molecule has 3 heteroatoms. The van der Waals surface area contributed by atoms with Crippen LogP contribution in [0.1, 0.15) is 25.2 Å². The van der Waals surface area contributed by atoms with Crippen LogP contribution in [0.4, 0.5) is 0 Å². The van der Waals surface area contributed by atoms with Crippen molar-refractivity contribution in [3.8, 4) is 0 Å². The van der Waals surface area contributed by atoms with Crippen molar-refractivity contribution in [2.75, 3.05) is 0 Å². The lowest BCUT2D eigenvalue weighted by atomic mass is 9.92. The van der Waals surface area contributed by atoms with E-state index in [1.54, 1.807) is 6.20 Å². The van der Waals surface area contributed by atoms with Gasteiger partial charge in [-0.05, 0) is 19.4 Å². The molecular formula is C14H18N2O. The summed E-state index contributed by atoms with van der Waals surface area (Å²) in [6, 6.07) is 9.72. The van der Waals surface area contributed by atoms with Crippen molar-refractivity contribution in [2.24, 2.45) is 0 Å². The van der Waals surface area contributed by atoms with Crippen LogP contribution in [0.25, 0.3) is 0 Å². The van der Waals surface area contributed by atoms with Gasteiger partial charge in [-0.25, -0.2) is 4.98 Å². The maximum atomic E-state index is 10.5. The van der Waals surface area contributed by atoms with Gasteiger partial charge in [0.05, 0.1) is 5.60 Å². The summed E-state index contributed by atoms with van der Waals surface area (Å²) in [6.07, 6.45) is 4.24. The van der Waals surface area contributed by atoms with Crippen molar-refractivity contribution in [3.63, 3.8) is 0 Å². The third-order valence-electron chi connectivity index (χ3n) is 3.04. The van der Waals surface area contributed by atoms with Gasteiger partial charge in [0.25, 0.3) is 0 Å². The van der Waals surface area contributed by atoms with E-state index in [9.17, 15) is 5.11 Å². The number of rotatable bonds is 4. The molecule has 1 aromatic carbocycles. The molecule has 90 valence electrons. The lowest BCUT2D eigenvalue weighted by Gasteiger charge is -2.23. The molecule has 0 amide bonds. The first kappa shape index (κ1) is 11.9. The number of aromatic nitrogens is 2. The smallest absolute Gasteiger partial charge is 0.111 e. The number of nitrogens with zero attached hydrogens (tertiary/aromatic N) is 2. The second kappa shape index (κ2) is 4.72. The van der Waals surface area contributed by atoms with Crippen LogP contribution in [0.2, 0.25) is 0 Å². The van der Waals surface area contributed by atoms with Crippen molar-refractivity contribution in [1.29, 1.82) is 0 Å². The molecule has 2 rings (SSSR count). The summed E-state index contributed by atoms with van der Waals surface area (Å²) in [5.74, 6) is 0.918. The minimum absolute atomic E-state index is 0.526. The van der Waals surface area contributed by atoms with Crippen LogP contribution in [-0.2, 0) is 18.6 Å². The number of hydrogen-bond donors (Lipinski definition) is 1. The highest BCUT2D eigenvalue weighted by Crippen LogP contribution is 2.24. The van der Waals surface area contributed by atoms with Crippen LogP contribution in [0.3, 0.4) is 0 Å². The SMILES string of the molecule is CCn1ccnc1CC(C)(O)c1ccccc1. The second-order valence-electron chi connectivity index (χ2n) is 4.45. The minimum atomic E-state index is -0.875. The molecule has 1 N–H and O–H groups in total. The number of aliphatic hydroxyl groups is 1. The molecule has 0 bridgehead atoms. The van der Waals surface area contributed by atoms with Crippen molar-refractivity contribution < 1.29 is 5.11 Å². The molecule has 1 heterocycles. The first-order valence-electron chi connectivity index (χ1n) is 5.91. The number of benzene rings is 1. The quantitative estimate of drug-likeness (QED) is 0.875. The van der Waals surface area contributed by atoms with Crippen molar-refractivity contribution in [3.05, 3.63) is 54.1 Å². The lowest BCUT2D eigenvalue weighted by molar-refractivity contribution is 0.0546. The van der Waals surface area contributed by atoms with Gasteiger partial charge in [-0.3, -0.25) is 0 Å². The average molecular weight is 230 g/mol. The Hall–Kier alpha value is -1.61. The van der Waals surface area contributed by atoms with Gasteiger partial charge >= 0.3 is 0 Å². The molecule has 0 saturated heterocycles. The van der Waals surface area contributed by atoms with Crippen molar-refractivity contribution in [1.82, 2.24) is 9.55 Å². The van der Waals surface area contributed by atoms with Gasteiger partial charge in [0.2, 0.25) is 0 Å². The molecule has 0 fully saturated rings. The van der Waals surface area contributed by atoms with Gasteiger partial charge in [0, 0.05) is 25.4 Å². The van der Waals surface area contributed by atoms with Crippen LogP contribution in [0.5, 0.6) is 0 Å². The molecule has 0 radical (unpaired) electrons. The minimum Gasteiger partial charge on any atom is -0.385 e. The molecule has 1 atom stereocenters. The van der Waals surface area contributed by atoms with Crippen LogP contribution < -0.4 is 0 Å². The fraction of sp³-hybridized carbons (Fsp3) is 0.357. The maximum absolute atomic E-state index is 10.5. The molecular weight excluding hydrogens is 212 g/mol. The van der Waals surface area contributed by atoms with Crippen molar-refractivity contribution >= 4 is 0 Å². The first-order valence-corrected chi connectivity index (χ1v) is 5.91. The van der Waals surface area contributed by atoms with E-state index in [4.69, 9.17) is 0 Å². The normalized spacial score (nSPS) is 14.5.